The van der Waals surface area contributed by atoms with Gasteiger partial charge in [-0.2, -0.15) is 0 Å². The highest BCUT2D eigenvalue weighted by molar-refractivity contribution is 6.13. The molecule has 4 heteroatoms. The van der Waals surface area contributed by atoms with Gasteiger partial charge in [0, 0.05) is 28.9 Å². The molecule has 0 bridgehead atoms. The van der Waals surface area contributed by atoms with Crippen LogP contribution in [0.25, 0.3) is 78.1 Å². The smallest absolute Gasteiger partial charge is 0.160 e. The molecule has 1 unspecified atom stereocenters. The third-order valence-corrected chi connectivity index (χ3v) is 14.9. The fraction of sp³-hybridized carbons (Fsp3) is 0.0580. The summed E-state index contributed by atoms with van der Waals surface area (Å²) in [6.07, 6.45) is 0.831. The van der Waals surface area contributed by atoms with Crippen LogP contribution in [0.1, 0.15) is 58.6 Å². The van der Waals surface area contributed by atoms with Crippen molar-refractivity contribution in [3.05, 3.63) is 294 Å². The molecule has 2 aliphatic carbocycles. The molecule has 0 radical (unpaired) electrons. The Hall–Kier alpha value is -9.25. The molecule has 11 aromatic rings. The van der Waals surface area contributed by atoms with Gasteiger partial charge < -0.3 is 0 Å². The number of fused-ring (bicyclic) bond motifs is 11. The van der Waals surface area contributed by atoms with Crippen LogP contribution in [0, 0.1) is 0 Å². The second kappa shape index (κ2) is 17.9. The Bertz CT molecular complexity index is 4030. The summed E-state index contributed by atoms with van der Waals surface area (Å²) in [5.74, 6) is 1.65. The lowest BCUT2D eigenvalue weighted by molar-refractivity contribution is 0.794. The van der Waals surface area contributed by atoms with Crippen molar-refractivity contribution in [2.45, 2.75) is 25.7 Å². The molecule has 13 rings (SSSR count). The Morgan fingerprint density at radius 1 is 0.438 bits per heavy atom. The lowest BCUT2D eigenvalue weighted by Gasteiger charge is -2.31. The van der Waals surface area contributed by atoms with Gasteiger partial charge >= 0.3 is 0 Å². The first-order chi connectivity index (χ1) is 36.0. The number of amidine groups is 1. The number of aryl methyl sites for hydroxylation is 1. The van der Waals surface area contributed by atoms with Crippen molar-refractivity contribution in [1.29, 1.82) is 0 Å². The van der Waals surface area contributed by atoms with Gasteiger partial charge in [0.2, 0.25) is 0 Å². The average Bonchev–Trinajstić information content (AvgIpc) is 4.10. The van der Waals surface area contributed by atoms with E-state index >= 15 is 0 Å². The van der Waals surface area contributed by atoms with E-state index in [4.69, 9.17) is 15.0 Å². The molecule has 10 aromatic carbocycles. The summed E-state index contributed by atoms with van der Waals surface area (Å²) in [5.41, 5.74) is 24.0. The van der Waals surface area contributed by atoms with Crippen LogP contribution >= 0.6 is 0 Å². The van der Waals surface area contributed by atoms with Crippen LogP contribution in [0.2, 0.25) is 0 Å². The zero-order valence-electron chi connectivity index (χ0n) is 40.8. The third-order valence-electron chi connectivity index (χ3n) is 14.9. The van der Waals surface area contributed by atoms with Crippen LogP contribution in [0.5, 0.6) is 0 Å². The van der Waals surface area contributed by atoms with Gasteiger partial charge in [0.25, 0.3) is 0 Å². The average molecular weight is 935 g/mol. The first-order valence-electron chi connectivity index (χ1n) is 25.2. The van der Waals surface area contributed by atoms with Crippen molar-refractivity contribution in [2.75, 3.05) is 0 Å². The molecular weight excluding hydrogens is 885 g/mol. The number of imidazole rings is 1. The van der Waals surface area contributed by atoms with E-state index in [1.165, 1.54) is 50.1 Å². The summed E-state index contributed by atoms with van der Waals surface area (Å²) in [7, 11) is 0. The number of hydrogen-bond acceptors (Lipinski definition) is 2. The number of aliphatic imine (C=N–C) groups is 2. The van der Waals surface area contributed by atoms with Crippen LogP contribution < -0.4 is 0 Å². The Morgan fingerprint density at radius 3 is 1.64 bits per heavy atom. The van der Waals surface area contributed by atoms with Crippen LogP contribution in [0.3, 0.4) is 0 Å². The van der Waals surface area contributed by atoms with Crippen molar-refractivity contribution in [1.82, 2.24) is 9.55 Å². The first kappa shape index (κ1) is 43.7. The largest absolute Gasteiger partial charge is 0.296 e. The van der Waals surface area contributed by atoms with Crippen LogP contribution in [-0.2, 0) is 11.8 Å². The minimum absolute atomic E-state index is 0.573. The highest BCUT2D eigenvalue weighted by Crippen LogP contribution is 2.63. The summed E-state index contributed by atoms with van der Waals surface area (Å²) in [6.45, 7) is 8.84. The Balaban J connectivity index is 0.958. The lowest BCUT2D eigenvalue weighted by Crippen LogP contribution is -2.26. The second-order valence-corrected chi connectivity index (χ2v) is 19.1. The van der Waals surface area contributed by atoms with Crippen molar-refractivity contribution in [2.24, 2.45) is 9.98 Å². The van der Waals surface area contributed by atoms with Gasteiger partial charge in [-0.1, -0.05) is 208 Å². The molecular formula is C69H50N4. The molecule has 0 saturated heterocycles. The molecule has 0 saturated carbocycles. The Kier molecular flexibility index (Phi) is 10.7. The zero-order valence-corrected chi connectivity index (χ0v) is 40.8. The van der Waals surface area contributed by atoms with E-state index in [-0.39, 0.29) is 0 Å². The summed E-state index contributed by atoms with van der Waals surface area (Å²) in [5, 5.41) is 0. The number of para-hydroxylation sites is 2. The molecule has 346 valence electrons. The van der Waals surface area contributed by atoms with Gasteiger partial charge in [0.15, 0.2) is 5.84 Å². The lowest BCUT2D eigenvalue weighted by atomic mass is 9.70. The van der Waals surface area contributed by atoms with E-state index in [2.05, 4.69) is 256 Å². The highest BCUT2D eigenvalue weighted by atomic mass is 15.1. The second-order valence-electron chi connectivity index (χ2n) is 19.1. The van der Waals surface area contributed by atoms with E-state index in [1.54, 1.807) is 0 Å². The van der Waals surface area contributed by atoms with E-state index in [9.17, 15) is 0 Å². The molecule has 2 aliphatic rings. The van der Waals surface area contributed by atoms with Gasteiger partial charge in [-0.05, 0) is 139 Å². The zero-order chi connectivity index (χ0) is 49.0. The Morgan fingerprint density at radius 2 is 0.959 bits per heavy atom. The molecule has 1 atom stereocenters. The van der Waals surface area contributed by atoms with Gasteiger partial charge in [-0.3, -0.25) is 4.57 Å². The maximum absolute atomic E-state index is 5.49. The predicted molar refractivity (Wildman–Crippen MR) is 304 cm³/mol. The molecule has 73 heavy (non-hydrogen) atoms. The van der Waals surface area contributed by atoms with E-state index in [1.807, 2.05) is 12.1 Å². The number of hydrogen-bond donors (Lipinski definition) is 0. The van der Waals surface area contributed by atoms with Gasteiger partial charge in [-0.15, -0.1) is 0 Å². The fourth-order valence-corrected chi connectivity index (χ4v) is 11.5. The number of rotatable bonds is 9. The fourth-order valence-electron chi connectivity index (χ4n) is 11.5. The number of benzene rings is 10. The van der Waals surface area contributed by atoms with E-state index in [0.717, 1.165) is 79.2 Å². The normalized spacial score (nSPS) is 14.5. The minimum Gasteiger partial charge on any atom is -0.296 e. The monoisotopic (exact) mass is 934 g/mol. The molecule has 0 amide bonds. The third kappa shape index (κ3) is 7.33. The minimum atomic E-state index is -0.573. The Labute approximate surface area is 426 Å². The number of aromatic nitrogens is 2. The predicted octanol–water partition coefficient (Wildman–Crippen LogP) is 16.9. The van der Waals surface area contributed by atoms with Crippen LogP contribution in [-0.4, -0.2) is 21.1 Å². The van der Waals surface area contributed by atoms with Crippen LogP contribution in [0.4, 0.5) is 0 Å². The quantitative estimate of drug-likeness (QED) is 0.105. The first-order valence-corrected chi connectivity index (χ1v) is 25.2. The van der Waals surface area contributed by atoms with Gasteiger partial charge in [0.1, 0.15) is 5.82 Å². The van der Waals surface area contributed by atoms with Gasteiger partial charge in [-0.25, -0.2) is 15.0 Å². The van der Waals surface area contributed by atoms with Crippen molar-refractivity contribution in [3.63, 3.8) is 0 Å². The molecule has 1 heterocycles. The van der Waals surface area contributed by atoms with Crippen molar-refractivity contribution >= 4 is 28.3 Å². The maximum Gasteiger partial charge on any atom is 0.160 e. The molecule has 4 nitrogen and oxygen atoms in total. The molecule has 1 spiro atoms. The van der Waals surface area contributed by atoms with E-state index < -0.39 is 5.41 Å². The topological polar surface area (TPSA) is 42.5 Å². The van der Waals surface area contributed by atoms with Gasteiger partial charge in [0.05, 0.1) is 22.1 Å². The van der Waals surface area contributed by atoms with Crippen molar-refractivity contribution in [3.8, 4) is 61.3 Å². The summed E-state index contributed by atoms with van der Waals surface area (Å²) in [6, 6.07) is 87.3. The highest BCUT2D eigenvalue weighted by Gasteiger charge is 2.51. The molecule has 1 aromatic heterocycles. The van der Waals surface area contributed by atoms with Crippen molar-refractivity contribution < 1.29 is 0 Å². The molecule has 0 N–H and O–H groups in total. The maximum atomic E-state index is 5.49. The summed E-state index contributed by atoms with van der Waals surface area (Å²) >= 11 is 0. The molecule has 0 aliphatic heterocycles. The molecule has 0 fully saturated rings. The summed E-state index contributed by atoms with van der Waals surface area (Å²) in [4.78, 5) is 15.8. The van der Waals surface area contributed by atoms with E-state index in [0.29, 0.717) is 11.5 Å². The standard InChI is InChI=1S/C69H50N4/c1-4-67-72-65-34-15-16-35-66(65)73(67)56-29-19-27-53(42-56)54-37-39-60-58-31-12-14-33-62(58)69(64(60)44-54)61-32-13-11-30-57(61)59-38-36-50(43-63(59)69)46(3)71-68(55-28-18-26-52(41-55)48-22-9-6-10-23-48)70-45(2)49-24-17-25-51(40-49)47-20-7-5-8-21-47/h5-44H,2,4H2,1,3H3/b70-68-,71-46+. The number of nitrogens with zero attached hydrogens (tertiary/aromatic N) is 4. The summed E-state index contributed by atoms with van der Waals surface area (Å²) < 4.78 is 2.31. The van der Waals surface area contributed by atoms with Crippen LogP contribution in [0.15, 0.2) is 259 Å². The SMILES string of the molecule is C=C(/N=C(\N=C(/C)c1ccc2c(c1)C1(c3ccccc3-2)c2ccccc2-c2ccc(-c3cccc(-n4c(CC)nc5ccccc54)c3)cc21)c1cccc(-c2ccccc2)c1)c1cccc(-c2ccccc2)c1.